The number of amides is 4. The highest BCUT2D eigenvalue weighted by Crippen LogP contribution is 2.59. The summed E-state index contributed by atoms with van der Waals surface area (Å²) in [5, 5.41) is 20.8. The second kappa shape index (κ2) is 24.0. The third kappa shape index (κ3) is 14.7. The predicted octanol–water partition coefficient (Wildman–Crippen LogP) is 9.11. The standard InChI is InChI=1S/C51H82N4O6/c1-32(2)10-8-11-35(7)40-20-21-45-42(40)22-23-43-41-19-17-39(30-37(41)14-18-44(43)45)61-27-9-26-52-48(57)24-25-49(58)54-46(28-33(3)4)51(60)55-47(29-34(5)6)50(59)53-38-15-12-36(31-56)13-16-38/h12-16,32-35,39-47,56H,8-11,17-31H2,1-7H3,(H,52,57)(H,53,59)(H,54,58)(H,55,60)/t35-,39+,40-,41?,42?,43-,44?,45-,46+,47+/m1/s1. The molecule has 0 aliphatic heterocycles. The first kappa shape index (κ1) is 48.8. The van der Waals surface area contributed by atoms with Crippen molar-refractivity contribution in [3.05, 3.63) is 41.5 Å². The summed E-state index contributed by atoms with van der Waals surface area (Å²) in [6.07, 6.45) is 19.1. The van der Waals surface area contributed by atoms with E-state index in [2.05, 4.69) is 48.1 Å². The summed E-state index contributed by atoms with van der Waals surface area (Å²) in [4.78, 5) is 52.5. The second-order valence-electron chi connectivity index (χ2n) is 20.7. The summed E-state index contributed by atoms with van der Waals surface area (Å²) < 4.78 is 6.38. The first-order valence-electron chi connectivity index (χ1n) is 24.4. The van der Waals surface area contributed by atoms with Gasteiger partial charge in [-0.15, -0.1) is 0 Å². The zero-order chi connectivity index (χ0) is 44.1. The van der Waals surface area contributed by atoms with Crippen molar-refractivity contribution in [2.45, 2.75) is 176 Å². The van der Waals surface area contributed by atoms with Crippen LogP contribution in [0.5, 0.6) is 0 Å². The number of carbonyl (C=O) groups excluding carboxylic acids is 4. The van der Waals surface area contributed by atoms with Crippen molar-refractivity contribution in [1.82, 2.24) is 16.0 Å². The van der Waals surface area contributed by atoms with Crippen LogP contribution in [-0.2, 0) is 30.5 Å². The van der Waals surface area contributed by atoms with Gasteiger partial charge < -0.3 is 31.1 Å². The third-order valence-electron chi connectivity index (χ3n) is 14.6. The quantitative estimate of drug-likeness (QED) is 0.0549. The summed E-state index contributed by atoms with van der Waals surface area (Å²) >= 11 is 0. The van der Waals surface area contributed by atoms with Gasteiger partial charge in [-0.3, -0.25) is 19.2 Å². The van der Waals surface area contributed by atoms with Crippen LogP contribution in [0.2, 0.25) is 0 Å². The van der Waals surface area contributed by atoms with Crippen molar-refractivity contribution in [2.24, 2.45) is 59.2 Å². The van der Waals surface area contributed by atoms with Gasteiger partial charge in [0.2, 0.25) is 23.6 Å². The van der Waals surface area contributed by atoms with Gasteiger partial charge in [0.05, 0.1) is 12.7 Å². The molecule has 0 bridgehead atoms. The Balaban J connectivity index is 0.984. The second-order valence-corrected chi connectivity index (χ2v) is 20.7. The molecule has 4 amide bonds. The molecule has 5 rings (SSSR count). The lowest BCUT2D eigenvalue weighted by Crippen LogP contribution is -2.53. The maximum absolute atomic E-state index is 13.5. The molecule has 61 heavy (non-hydrogen) atoms. The zero-order valence-corrected chi connectivity index (χ0v) is 38.8. The highest BCUT2D eigenvalue weighted by Gasteiger charge is 2.50. The number of aliphatic hydroxyl groups excluding tert-OH is 1. The van der Waals surface area contributed by atoms with E-state index in [4.69, 9.17) is 4.74 Å². The maximum Gasteiger partial charge on any atom is 0.246 e. The number of ether oxygens (including phenoxy) is 1. The van der Waals surface area contributed by atoms with E-state index in [0.29, 0.717) is 31.7 Å². The molecule has 0 heterocycles. The van der Waals surface area contributed by atoms with Crippen LogP contribution in [0, 0.1) is 59.2 Å². The molecule has 1 aromatic carbocycles. The van der Waals surface area contributed by atoms with Gasteiger partial charge in [0.1, 0.15) is 12.1 Å². The Hall–Kier alpha value is -3.24. The van der Waals surface area contributed by atoms with E-state index in [1.54, 1.807) is 29.8 Å². The first-order valence-corrected chi connectivity index (χ1v) is 24.4. The van der Waals surface area contributed by atoms with E-state index in [1.165, 1.54) is 57.8 Å². The number of carbonyl (C=O) groups is 4. The molecule has 0 aromatic heterocycles. The molecule has 0 spiro atoms. The van der Waals surface area contributed by atoms with Crippen LogP contribution in [-0.4, -0.2) is 60.1 Å². The fraction of sp³-hybridized carbons (Fsp3) is 0.765. The zero-order valence-electron chi connectivity index (χ0n) is 38.8. The van der Waals surface area contributed by atoms with Gasteiger partial charge in [-0.2, -0.15) is 0 Å². The molecular formula is C51H82N4O6. The molecule has 5 N–H and O–H groups in total. The lowest BCUT2D eigenvalue weighted by atomic mass is 9.56. The molecule has 10 nitrogen and oxygen atoms in total. The average molecular weight is 847 g/mol. The fourth-order valence-corrected chi connectivity index (χ4v) is 11.6. The molecule has 0 saturated heterocycles. The summed E-state index contributed by atoms with van der Waals surface area (Å²) in [5.74, 6) is 5.94. The number of fused-ring (bicyclic) bond motifs is 5. The summed E-state index contributed by atoms with van der Waals surface area (Å²) in [7, 11) is 0. The Labute approximate surface area is 368 Å². The Morgan fingerprint density at radius 2 is 1.38 bits per heavy atom. The Kier molecular flexibility index (Phi) is 19.2. The number of rotatable bonds is 23. The highest BCUT2D eigenvalue weighted by atomic mass is 16.5. The van der Waals surface area contributed by atoms with E-state index in [9.17, 15) is 24.3 Å². The molecule has 342 valence electrons. The van der Waals surface area contributed by atoms with Crippen LogP contribution in [0.25, 0.3) is 0 Å². The fourth-order valence-electron chi connectivity index (χ4n) is 11.6. The molecule has 3 saturated carbocycles. The van der Waals surface area contributed by atoms with Gasteiger partial charge in [0, 0.05) is 31.7 Å². The summed E-state index contributed by atoms with van der Waals surface area (Å²) in [5.41, 5.74) is 2.95. The van der Waals surface area contributed by atoms with Gasteiger partial charge in [-0.05, 0) is 148 Å². The van der Waals surface area contributed by atoms with Crippen molar-refractivity contribution in [1.29, 1.82) is 0 Å². The van der Waals surface area contributed by atoms with E-state index in [-0.39, 0.29) is 55.1 Å². The predicted molar refractivity (Wildman–Crippen MR) is 244 cm³/mol. The van der Waals surface area contributed by atoms with Crippen molar-refractivity contribution in [2.75, 3.05) is 18.5 Å². The molecule has 3 unspecified atom stereocenters. The SMILES string of the molecule is CC(C)CCC[C@@H](C)[C@H]1CC[C@H]2C3CC=C4C[C@@H](OCCCNC(=O)CCC(=O)N[C@@H](CC(C)C)C(=O)N[C@@H](CC(C)C)C(=O)Nc5ccc(CO)cc5)CCC4[C@H]3CCC21. The maximum atomic E-state index is 13.5. The number of hydrogen-bond donors (Lipinski definition) is 5. The summed E-state index contributed by atoms with van der Waals surface area (Å²) in [6.45, 7) is 16.2. The molecule has 4 aliphatic carbocycles. The number of allylic oxidation sites excluding steroid dienone is 1. The van der Waals surface area contributed by atoms with Crippen molar-refractivity contribution in [3.8, 4) is 0 Å². The Bertz CT molecular complexity index is 1590. The summed E-state index contributed by atoms with van der Waals surface area (Å²) in [6, 6.07) is 5.23. The largest absolute Gasteiger partial charge is 0.392 e. The third-order valence-corrected chi connectivity index (χ3v) is 14.6. The molecule has 3 fully saturated rings. The number of aliphatic hydroxyl groups is 1. The molecule has 4 aliphatic rings. The first-order chi connectivity index (χ1) is 29.2. The number of nitrogens with one attached hydrogen (secondary N) is 4. The van der Waals surface area contributed by atoms with Crippen molar-refractivity contribution >= 4 is 29.3 Å². The van der Waals surface area contributed by atoms with Crippen LogP contribution in [0.1, 0.15) is 157 Å². The van der Waals surface area contributed by atoms with Gasteiger partial charge in [-0.25, -0.2) is 0 Å². The van der Waals surface area contributed by atoms with Gasteiger partial charge in [0.25, 0.3) is 0 Å². The van der Waals surface area contributed by atoms with Crippen LogP contribution in [0.3, 0.4) is 0 Å². The van der Waals surface area contributed by atoms with E-state index in [0.717, 1.165) is 72.2 Å². The topological polar surface area (TPSA) is 146 Å². The Morgan fingerprint density at radius 3 is 2.07 bits per heavy atom. The molecular weight excluding hydrogens is 765 g/mol. The number of benzene rings is 1. The minimum absolute atomic E-state index is 0.0239. The minimum Gasteiger partial charge on any atom is -0.392 e. The van der Waals surface area contributed by atoms with E-state index >= 15 is 0 Å². The highest BCUT2D eigenvalue weighted by molar-refractivity contribution is 5.98. The van der Waals surface area contributed by atoms with Gasteiger partial charge >= 0.3 is 0 Å². The molecule has 1 aromatic rings. The normalized spacial score (nSPS) is 26.1. The van der Waals surface area contributed by atoms with E-state index in [1.807, 2.05) is 27.7 Å². The van der Waals surface area contributed by atoms with Crippen LogP contribution in [0.15, 0.2) is 35.9 Å². The van der Waals surface area contributed by atoms with E-state index < -0.39 is 18.0 Å². The Morgan fingerprint density at radius 1 is 0.705 bits per heavy atom. The van der Waals surface area contributed by atoms with Gasteiger partial charge in [0.15, 0.2) is 0 Å². The van der Waals surface area contributed by atoms with Crippen molar-refractivity contribution in [3.63, 3.8) is 0 Å². The number of hydrogen-bond acceptors (Lipinski definition) is 6. The van der Waals surface area contributed by atoms with Crippen LogP contribution < -0.4 is 21.3 Å². The van der Waals surface area contributed by atoms with Crippen molar-refractivity contribution < 1.29 is 29.0 Å². The van der Waals surface area contributed by atoms with Crippen LogP contribution >= 0.6 is 0 Å². The number of anilines is 1. The minimum atomic E-state index is -0.840. The lowest BCUT2D eigenvalue weighted by molar-refractivity contribution is -0.132. The van der Waals surface area contributed by atoms with Gasteiger partial charge in [-0.1, -0.05) is 91.5 Å². The molecule has 10 atom stereocenters. The average Bonchev–Trinajstić information content (AvgIpc) is 3.67. The lowest BCUT2D eigenvalue weighted by Gasteiger charge is -2.50. The molecule has 0 radical (unpaired) electrons. The monoisotopic (exact) mass is 847 g/mol. The smallest absolute Gasteiger partial charge is 0.246 e. The van der Waals surface area contributed by atoms with Crippen LogP contribution in [0.4, 0.5) is 5.69 Å². The molecule has 10 heteroatoms.